The van der Waals surface area contributed by atoms with Crippen LogP contribution in [0.15, 0.2) is 40.9 Å². The third-order valence-corrected chi connectivity index (χ3v) is 4.12. The zero-order chi connectivity index (χ0) is 13.8. The molecule has 0 heterocycles. The second kappa shape index (κ2) is 6.62. The quantitative estimate of drug-likeness (QED) is 0.795. The van der Waals surface area contributed by atoms with Gasteiger partial charge in [-0.05, 0) is 33.1 Å². The molecule has 0 spiro atoms. The molecule has 100 valence electrons. The van der Waals surface area contributed by atoms with Gasteiger partial charge in [-0.15, -0.1) is 0 Å². The van der Waals surface area contributed by atoms with Crippen LogP contribution in [0.3, 0.4) is 0 Å². The molecule has 0 aromatic heterocycles. The number of hydrogen-bond acceptors (Lipinski definition) is 2. The molecular weight excluding hydrogens is 349 g/mol. The van der Waals surface area contributed by atoms with Crippen LogP contribution in [0.25, 0.3) is 0 Å². The molecule has 0 saturated carbocycles. The van der Waals surface area contributed by atoms with Crippen molar-refractivity contribution < 1.29 is 4.74 Å². The molecule has 0 aliphatic heterocycles. The first-order chi connectivity index (χ1) is 9.10. The number of hydrogen-bond donors (Lipinski definition) is 1. The summed E-state index contributed by atoms with van der Waals surface area (Å²) in [5.74, 6) is 0.567. The largest absolute Gasteiger partial charge is 0.487 e. The molecule has 0 atom stereocenters. The fourth-order valence-corrected chi connectivity index (χ4v) is 2.39. The molecule has 0 saturated heterocycles. The molecular formula is C14H12BrCl2NO. The van der Waals surface area contributed by atoms with Gasteiger partial charge in [-0.25, -0.2) is 0 Å². The highest BCUT2D eigenvalue weighted by molar-refractivity contribution is 9.10. The van der Waals surface area contributed by atoms with Gasteiger partial charge in [-0.2, -0.15) is 0 Å². The van der Waals surface area contributed by atoms with Gasteiger partial charge in [-0.3, -0.25) is 0 Å². The molecule has 19 heavy (non-hydrogen) atoms. The maximum absolute atomic E-state index is 6.09. The van der Waals surface area contributed by atoms with E-state index < -0.39 is 0 Å². The van der Waals surface area contributed by atoms with Gasteiger partial charge in [0.25, 0.3) is 0 Å². The van der Waals surface area contributed by atoms with Crippen molar-refractivity contribution in [2.75, 3.05) is 0 Å². The van der Waals surface area contributed by atoms with Gasteiger partial charge in [-0.1, -0.05) is 47.5 Å². The smallest absolute Gasteiger partial charge is 0.139 e. The minimum atomic E-state index is 0.433. The van der Waals surface area contributed by atoms with Gasteiger partial charge >= 0.3 is 0 Å². The van der Waals surface area contributed by atoms with Crippen molar-refractivity contribution in [1.29, 1.82) is 0 Å². The third kappa shape index (κ3) is 3.86. The Morgan fingerprint density at radius 1 is 1.00 bits per heavy atom. The van der Waals surface area contributed by atoms with Gasteiger partial charge in [0, 0.05) is 17.1 Å². The summed E-state index contributed by atoms with van der Waals surface area (Å²) in [6, 6.07) is 11.3. The number of rotatable bonds is 4. The fourth-order valence-electron chi connectivity index (χ4n) is 1.55. The lowest BCUT2D eigenvalue weighted by Gasteiger charge is -2.10. The Labute approximate surface area is 130 Å². The summed E-state index contributed by atoms with van der Waals surface area (Å²) in [6.07, 6.45) is 0. The molecule has 0 amide bonds. The van der Waals surface area contributed by atoms with Crippen molar-refractivity contribution >= 4 is 39.1 Å². The topological polar surface area (TPSA) is 35.2 Å². The third-order valence-electron chi connectivity index (χ3n) is 2.63. The Balaban J connectivity index is 2.07. The first-order valence-corrected chi connectivity index (χ1v) is 7.20. The summed E-state index contributed by atoms with van der Waals surface area (Å²) in [6.45, 7) is 0.970. The van der Waals surface area contributed by atoms with E-state index >= 15 is 0 Å². The highest BCUT2D eigenvalue weighted by atomic mass is 79.9. The van der Waals surface area contributed by atoms with Crippen LogP contribution in [0.4, 0.5) is 0 Å². The van der Waals surface area contributed by atoms with E-state index in [9.17, 15) is 0 Å². The maximum atomic E-state index is 6.09. The van der Waals surface area contributed by atoms with Crippen LogP contribution in [0.2, 0.25) is 10.0 Å². The number of nitrogens with two attached hydrogens (primary N) is 1. The average Bonchev–Trinajstić information content (AvgIpc) is 2.42. The van der Waals surface area contributed by atoms with Crippen LogP contribution >= 0.6 is 39.1 Å². The van der Waals surface area contributed by atoms with Crippen molar-refractivity contribution in [2.24, 2.45) is 5.73 Å². The Hall–Kier alpha value is -0.740. The van der Waals surface area contributed by atoms with E-state index in [4.69, 9.17) is 33.7 Å². The van der Waals surface area contributed by atoms with E-state index in [0.29, 0.717) is 28.9 Å². The summed E-state index contributed by atoms with van der Waals surface area (Å²) < 4.78 is 6.41. The van der Waals surface area contributed by atoms with Crippen LogP contribution < -0.4 is 10.5 Å². The van der Waals surface area contributed by atoms with Crippen LogP contribution in [-0.4, -0.2) is 0 Å². The Bertz CT molecular complexity index is 572. The van der Waals surface area contributed by atoms with Gasteiger partial charge in [0.05, 0.1) is 10.0 Å². The van der Waals surface area contributed by atoms with E-state index in [0.717, 1.165) is 15.6 Å². The first kappa shape index (κ1) is 14.7. The highest BCUT2D eigenvalue weighted by Gasteiger charge is 2.07. The van der Waals surface area contributed by atoms with Crippen molar-refractivity contribution in [3.8, 4) is 5.75 Å². The van der Waals surface area contributed by atoms with Crippen molar-refractivity contribution in [3.05, 3.63) is 62.0 Å². The Morgan fingerprint density at radius 3 is 2.26 bits per heavy atom. The molecule has 5 heteroatoms. The van der Waals surface area contributed by atoms with Crippen LogP contribution in [-0.2, 0) is 13.2 Å². The van der Waals surface area contributed by atoms with E-state index in [1.54, 1.807) is 12.1 Å². The Morgan fingerprint density at radius 2 is 1.63 bits per heavy atom. The lowest BCUT2D eigenvalue weighted by atomic mass is 10.1. The fraction of sp³-hybridized carbons (Fsp3) is 0.143. The molecule has 2 nitrogen and oxygen atoms in total. The second-order valence-corrected chi connectivity index (χ2v) is 5.67. The molecule has 2 rings (SSSR count). The molecule has 0 radical (unpaired) electrons. The zero-order valence-corrected chi connectivity index (χ0v) is 13.1. The minimum Gasteiger partial charge on any atom is -0.487 e. The predicted molar refractivity (Wildman–Crippen MR) is 82.8 cm³/mol. The molecule has 2 aromatic carbocycles. The van der Waals surface area contributed by atoms with Crippen molar-refractivity contribution in [3.63, 3.8) is 0 Å². The van der Waals surface area contributed by atoms with Gasteiger partial charge in [0.15, 0.2) is 0 Å². The van der Waals surface area contributed by atoms with E-state index in [1.807, 2.05) is 24.3 Å². The van der Waals surface area contributed by atoms with E-state index in [2.05, 4.69) is 15.9 Å². The van der Waals surface area contributed by atoms with Crippen LogP contribution in [0.1, 0.15) is 11.1 Å². The van der Waals surface area contributed by atoms with Gasteiger partial charge in [0.2, 0.25) is 0 Å². The molecule has 2 N–H and O–H groups in total. The van der Waals surface area contributed by atoms with E-state index in [-0.39, 0.29) is 0 Å². The molecule has 0 aliphatic rings. The van der Waals surface area contributed by atoms with Gasteiger partial charge < -0.3 is 10.5 Å². The van der Waals surface area contributed by atoms with Crippen LogP contribution in [0.5, 0.6) is 5.75 Å². The summed E-state index contributed by atoms with van der Waals surface area (Å²) in [5.41, 5.74) is 7.69. The first-order valence-electron chi connectivity index (χ1n) is 5.65. The highest BCUT2D eigenvalue weighted by Crippen LogP contribution is 2.34. The maximum Gasteiger partial charge on any atom is 0.139 e. The molecule has 0 aliphatic carbocycles. The Kier molecular flexibility index (Phi) is 5.11. The number of ether oxygens (including phenoxy) is 1. The zero-order valence-electron chi connectivity index (χ0n) is 10.00. The summed E-state index contributed by atoms with van der Waals surface area (Å²) in [7, 11) is 0. The normalized spacial score (nSPS) is 10.5. The van der Waals surface area contributed by atoms with E-state index in [1.165, 1.54) is 0 Å². The predicted octanol–water partition coefficient (Wildman–Crippen LogP) is 4.79. The monoisotopic (exact) mass is 359 g/mol. The summed E-state index contributed by atoms with van der Waals surface area (Å²) >= 11 is 15.4. The lowest BCUT2D eigenvalue weighted by Crippen LogP contribution is -1.99. The lowest BCUT2D eigenvalue weighted by molar-refractivity contribution is 0.306. The standard InChI is InChI=1S/C14H12BrCl2NO/c15-11-5-13(17)14(6-12(11)16)19-8-10-3-1-9(7-18)2-4-10/h1-6H,7-8,18H2. The molecule has 0 bridgehead atoms. The van der Waals surface area contributed by atoms with Gasteiger partial charge in [0.1, 0.15) is 12.4 Å². The SMILES string of the molecule is NCc1ccc(COc2cc(Cl)c(Br)cc2Cl)cc1. The average molecular weight is 361 g/mol. The summed E-state index contributed by atoms with van der Waals surface area (Å²) in [5, 5.41) is 1.09. The van der Waals surface area contributed by atoms with Crippen molar-refractivity contribution in [1.82, 2.24) is 0 Å². The minimum absolute atomic E-state index is 0.433. The van der Waals surface area contributed by atoms with Crippen molar-refractivity contribution in [2.45, 2.75) is 13.2 Å². The molecule has 0 fully saturated rings. The molecule has 0 unspecified atom stereocenters. The van der Waals surface area contributed by atoms with Crippen LogP contribution in [0, 0.1) is 0 Å². The molecule has 2 aromatic rings. The number of benzene rings is 2. The second-order valence-electron chi connectivity index (χ2n) is 4.01. The summed E-state index contributed by atoms with van der Waals surface area (Å²) in [4.78, 5) is 0. The number of halogens is 3.